The Bertz CT molecular complexity index is 903. The number of carbonyl (C=O) groups is 1. The largest absolute Gasteiger partial charge is 0.418 e. The van der Waals surface area contributed by atoms with Crippen LogP contribution in [0.15, 0.2) is 36.7 Å². The van der Waals surface area contributed by atoms with E-state index >= 15 is 0 Å². The van der Waals surface area contributed by atoms with Crippen LogP contribution in [0.5, 0.6) is 0 Å². The van der Waals surface area contributed by atoms with Crippen LogP contribution in [0.3, 0.4) is 0 Å². The summed E-state index contributed by atoms with van der Waals surface area (Å²) in [4.78, 5) is 22.2. The van der Waals surface area contributed by atoms with E-state index in [1.807, 2.05) is 11.0 Å². The lowest BCUT2D eigenvalue weighted by Gasteiger charge is -2.32. The van der Waals surface area contributed by atoms with Gasteiger partial charge in [-0.05, 0) is 30.9 Å². The zero-order valence-corrected chi connectivity index (χ0v) is 15.4. The fourth-order valence-electron chi connectivity index (χ4n) is 3.23. The van der Waals surface area contributed by atoms with Crippen LogP contribution in [-0.2, 0) is 6.18 Å². The lowest BCUT2D eigenvalue weighted by molar-refractivity contribution is -0.136. The molecule has 0 atom stereocenters. The number of halogens is 3. The monoisotopic (exact) mass is 404 g/mol. The third-order valence-corrected chi connectivity index (χ3v) is 4.73. The van der Waals surface area contributed by atoms with Gasteiger partial charge >= 0.3 is 12.2 Å². The lowest BCUT2D eigenvalue weighted by Crippen LogP contribution is -2.40. The van der Waals surface area contributed by atoms with E-state index in [1.54, 1.807) is 0 Å². The number of aromatic nitrogens is 2. The number of hydrogen-bond acceptors (Lipinski definition) is 5. The smallest absolute Gasteiger partial charge is 0.354 e. The number of nitrogens with zero attached hydrogens (tertiary/aromatic N) is 4. The predicted octanol–water partition coefficient (Wildman–Crippen LogP) is 3.41. The van der Waals surface area contributed by atoms with Gasteiger partial charge in [0, 0.05) is 32.0 Å². The van der Waals surface area contributed by atoms with Crippen LogP contribution < -0.4 is 15.5 Å². The van der Waals surface area contributed by atoms with Gasteiger partial charge in [-0.1, -0.05) is 12.1 Å². The second-order valence-electron chi connectivity index (χ2n) is 6.65. The van der Waals surface area contributed by atoms with Gasteiger partial charge in [0.2, 0.25) is 0 Å². The van der Waals surface area contributed by atoms with Crippen molar-refractivity contribution in [3.63, 3.8) is 0 Å². The lowest BCUT2D eigenvalue weighted by atomic mass is 9.97. The first-order valence-corrected chi connectivity index (χ1v) is 9.05. The minimum atomic E-state index is -4.54. The maximum absolute atomic E-state index is 13.0. The molecule has 1 aromatic heterocycles. The fraction of sp³-hybridized carbons (Fsp3) is 0.368. The molecular formula is C19H19F3N6O. The topological polar surface area (TPSA) is 93.9 Å². The number of nitriles is 1. The molecule has 0 unspecified atom stereocenters. The molecule has 10 heteroatoms. The van der Waals surface area contributed by atoms with Crippen LogP contribution in [0, 0.1) is 17.2 Å². The average molecular weight is 404 g/mol. The number of piperidine rings is 1. The van der Waals surface area contributed by atoms with E-state index in [0.29, 0.717) is 25.5 Å². The number of carbonyl (C=O) groups excluding carboxylic acids is 1. The molecule has 2 N–H and O–H groups in total. The minimum absolute atomic E-state index is 0.178. The number of benzene rings is 1. The maximum atomic E-state index is 13.0. The highest BCUT2D eigenvalue weighted by Crippen LogP contribution is 2.34. The standard InChI is InChI=1S/C19H19F3N6O/c20-19(21,22)14-3-1-2-4-15(14)27-18(29)26-12-13-5-9-28(10-6-13)17-16(11-23)24-7-8-25-17/h1-4,7-8,13H,5-6,9-10,12H2,(H2,26,27,29). The molecule has 2 amide bonds. The van der Waals surface area contributed by atoms with Crippen LogP contribution in [0.25, 0.3) is 0 Å². The first kappa shape index (κ1) is 20.4. The van der Waals surface area contributed by atoms with Crippen molar-refractivity contribution in [2.24, 2.45) is 5.92 Å². The maximum Gasteiger partial charge on any atom is 0.418 e. The summed E-state index contributed by atoms with van der Waals surface area (Å²) in [5.41, 5.74) is -0.897. The molecule has 0 aliphatic carbocycles. The van der Waals surface area contributed by atoms with Gasteiger partial charge in [-0.15, -0.1) is 0 Å². The molecule has 1 aromatic carbocycles. The molecule has 7 nitrogen and oxygen atoms in total. The van der Waals surface area contributed by atoms with Gasteiger partial charge in [0.05, 0.1) is 11.3 Å². The molecule has 0 bridgehead atoms. The SMILES string of the molecule is N#Cc1nccnc1N1CCC(CNC(=O)Nc2ccccc2C(F)(F)F)CC1. The molecule has 2 aromatic rings. The normalized spacial score (nSPS) is 14.9. The van der Waals surface area contributed by atoms with Gasteiger partial charge < -0.3 is 15.5 Å². The summed E-state index contributed by atoms with van der Waals surface area (Å²) >= 11 is 0. The van der Waals surface area contributed by atoms with Crippen molar-refractivity contribution in [2.45, 2.75) is 19.0 Å². The zero-order chi connectivity index (χ0) is 20.9. The van der Waals surface area contributed by atoms with Crippen molar-refractivity contribution in [1.29, 1.82) is 5.26 Å². The van der Waals surface area contributed by atoms with Crippen molar-refractivity contribution in [3.05, 3.63) is 47.9 Å². The molecule has 3 rings (SSSR count). The van der Waals surface area contributed by atoms with Gasteiger partial charge in [-0.2, -0.15) is 18.4 Å². The van der Waals surface area contributed by atoms with Gasteiger partial charge in [0.1, 0.15) is 6.07 Å². The third-order valence-electron chi connectivity index (χ3n) is 4.73. The Labute approximate surface area is 165 Å². The van der Waals surface area contributed by atoms with E-state index in [4.69, 9.17) is 5.26 Å². The van der Waals surface area contributed by atoms with Gasteiger partial charge in [0.25, 0.3) is 0 Å². The third kappa shape index (κ3) is 5.13. The summed E-state index contributed by atoms with van der Waals surface area (Å²) in [6, 6.07) is 6.19. The molecule has 1 aliphatic rings. The van der Waals surface area contributed by atoms with Gasteiger partial charge in [-0.25, -0.2) is 14.8 Å². The first-order chi connectivity index (χ1) is 13.9. The summed E-state index contributed by atoms with van der Waals surface area (Å²) in [5, 5.41) is 14.0. The highest BCUT2D eigenvalue weighted by atomic mass is 19.4. The molecule has 2 heterocycles. The second kappa shape index (κ2) is 8.77. The van der Waals surface area contributed by atoms with Crippen molar-refractivity contribution in [2.75, 3.05) is 29.9 Å². The Balaban J connectivity index is 1.50. The highest BCUT2D eigenvalue weighted by molar-refractivity contribution is 5.90. The Kier molecular flexibility index (Phi) is 6.16. The van der Waals surface area contributed by atoms with E-state index in [9.17, 15) is 18.0 Å². The fourth-order valence-corrected chi connectivity index (χ4v) is 3.23. The number of amides is 2. The number of alkyl halides is 3. The Morgan fingerprint density at radius 1 is 1.21 bits per heavy atom. The van der Waals surface area contributed by atoms with Gasteiger partial charge in [0.15, 0.2) is 11.5 Å². The number of urea groups is 1. The van der Waals surface area contributed by atoms with E-state index in [-0.39, 0.29) is 17.3 Å². The number of para-hydroxylation sites is 1. The van der Waals surface area contributed by atoms with Crippen LogP contribution in [0.2, 0.25) is 0 Å². The van der Waals surface area contributed by atoms with Crippen molar-refractivity contribution in [1.82, 2.24) is 15.3 Å². The molecule has 29 heavy (non-hydrogen) atoms. The number of hydrogen-bond donors (Lipinski definition) is 2. The summed E-state index contributed by atoms with van der Waals surface area (Å²) in [6.07, 6.45) is -0.0394. The van der Waals surface area contributed by atoms with E-state index in [2.05, 4.69) is 20.6 Å². The number of nitrogens with one attached hydrogen (secondary N) is 2. The summed E-state index contributed by atoms with van der Waals surface area (Å²) in [6.45, 7) is 1.65. The van der Waals surface area contributed by atoms with Crippen LogP contribution in [-0.4, -0.2) is 35.6 Å². The summed E-state index contributed by atoms with van der Waals surface area (Å²) in [7, 11) is 0. The molecule has 0 radical (unpaired) electrons. The second-order valence-corrected chi connectivity index (χ2v) is 6.65. The molecule has 0 spiro atoms. The van der Waals surface area contributed by atoms with E-state index in [0.717, 1.165) is 18.9 Å². The number of anilines is 2. The molecular weight excluding hydrogens is 385 g/mol. The molecule has 0 saturated carbocycles. The van der Waals surface area contributed by atoms with E-state index in [1.165, 1.54) is 30.6 Å². The molecule has 152 valence electrons. The summed E-state index contributed by atoms with van der Waals surface area (Å²) in [5.74, 6) is 0.722. The first-order valence-electron chi connectivity index (χ1n) is 9.05. The molecule has 1 fully saturated rings. The quantitative estimate of drug-likeness (QED) is 0.815. The van der Waals surface area contributed by atoms with Gasteiger partial charge in [-0.3, -0.25) is 0 Å². The minimum Gasteiger partial charge on any atom is -0.354 e. The van der Waals surface area contributed by atoms with Crippen LogP contribution >= 0.6 is 0 Å². The number of rotatable bonds is 4. The average Bonchev–Trinajstić information content (AvgIpc) is 2.72. The van der Waals surface area contributed by atoms with Crippen molar-refractivity contribution < 1.29 is 18.0 Å². The zero-order valence-electron chi connectivity index (χ0n) is 15.4. The van der Waals surface area contributed by atoms with Crippen LogP contribution in [0.1, 0.15) is 24.1 Å². The molecule has 1 saturated heterocycles. The van der Waals surface area contributed by atoms with Crippen LogP contribution in [0.4, 0.5) is 29.5 Å². The highest BCUT2D eigenvalue weighted by Gasteiger charge is 2.33. The Hall–Kier alpha value is -3.35. The van der Waals surface area contributed by atoms with Crippen molar-refractivity contribution in [3.8, 4) is 6.07 Å². The Morgan fingerprint density at radius 2 is 1.90 bits per heavy atom. The Morgan fingerprint density at radius 3 is 2.59 bits per heavy atom. The van der Waals surface area contributed by atoms with Crippen molar-refractivity contribution >= 4 is 17.5 Å². The predicted molar refractivity (Wildman–Crippen MR) is 100 cm³/mol. The van der Waals surface area contributed by atoms with E-state index < -0.39 is 17.8 Å². The summed E-state index contributed by atoms with van der Waals surface area (Å²) < 4.78 is 39.0. The molecule has 1 aliphatic heterocycles.